The maximum atomic E-state index is 12.1. The Kier molecular flexibility index (Phi) is 5.51. The number of piperazine rings is 1. The Balaban J connectivity index is 1.78. The van der Waals surface area contributed by atoms with Gasteiger partial charge in [0, 0.05) is 44.7 Å². The molecule has 6 heteroatoms. The molecule has 5 nitrogen and oxygen atoms in total. The lowest BCUT2D eigenvalue weighted by atomic mass is 10.2. The topological polar surface area (TPSA) is 45.7 Å². The summed E-state index contributed by atoms with van der Waals surface area (Å²) in [5, 5.41) is 3.23. The van der Waals surface area contributed by atoms with Crippen molar-refractivity contribution in [2.45, 2.75) is 33.4 Å². The summed E-state index contributed by atoms with van der Waals surface area (Å²) >= 11 is 1.69. The first kappa shape index (κ1) is 15.4. The summed E-state index contributed by atoms with van der Waals surface area (Å²) in [6.07, 6.45) is -0.326. The molecule has 1 aromatic heterocycles. The van der Waals surface area contributed by atoms with E-state index in [0.717, 1.165) is 43.4 Å². The van der Waals surface area contributed by atoms with Crippen LogP contribution in [0, 0.1) is 6.92 Å². The van der Waals surface area contributed by atoms with Gasteiger partial charge in [0.1, 0.15) is 6.10 Å². The van der Waals surface area contributed by atoms with Crippen molar-refractivity contribution < 1.29 is 9.53 Å². The van der Waals surface area contributed by atoms with E-state index in [1.54, 1.807) is 11.3 Å². The van der Waals surface area contributed by atoms with Gasteiger partial charge in [-0.3, -0.25) is 9.69 Å². The van der Waals surface area contributed by atoms with Crippen LogP contribution in [0.15, 0.2) is 5.38 Å². The number of aryl methyl sites for hydroxylation is 1. The summed E-state index contributed by atoms with van der Waals surface area (Å²) in [6, 6.07) is 0. The minimum atomic E-state index is -0.326. The van der Waals surface area contributed by atoms with E-state index < -0.39 is 0 Å². The van der Waals surface area contributed by atoms with Crippen molar-refractivity contribution >= 4 is 17.2 Å². The Labute approximate surface area is 124 Å². The summed E-state index contributed by atoms with van der Waals surface area (Å²) in [5.41, 5.74) is 1.13. The molecule has 1 aliphatic heterocycles. The SMILES string of the molecule is CCO[C@H](C)C(=O)N1CCN(Cc2csc(C)n2)CC1. The molecule has 2 heterocycles. The first-order valence-electron chi connectivity index (χ1n) is 7.14. The van der Waals surface area contributed by atoms with Gasteiger partial charge in [-0.05, 0) is 20.8 Å². The third-order valence-electron chi connectivity index (χ3n) is 3.50. The van der Waals surface area contributed by atoms with Crippen LogP contribution in [0.3, 0.4) is 0 Å². The quantitative estimate of drug-likeness (QED) is 0.827. The van der Waals surface area contributed by atoms with Crippen molar-refractivity contribution in [3.05, 3.63) is 16.1 Å². The number of nitrogens with zero attached hydrogens (tertiary/aromatic N) is 3. The minimum absolute atomic E-state index is 0.107. The molecule has 2 rings (SSSR count). The van der Waals surface area contributed by atoms with Gasteiger partial charge in [0.2, 0.25) is 0 Å². The van der Waals surface area contributed by atoms with E-state index in [-0.39, 0.29) is 12.0 Å². The second kappa shape index (κ2) is 7.15. The zero-order chi connectivity index (χ0) is 14.5. The molecule has 1 amide bonds. The molecule has 0 aromatic carbocycles. The molecule has 0 unspecified atom stereocenters. The van der Waals surface area contributed by atoms with Crippen molar-refractivity contribution in [3.8, 4) is 0 Å². The van der Waals surface area contributed by atoms with Crippen LogP contribution in [-0.2, 0) is 16.1 Å². The first-order chi connectivity index (χ1) is 9.60. The number of hydrogen-bond donors (Lipinski definition) is 0. The lowest BCUT2D eigenvalue weighted by Gasteiger charge is -2.35. The van der Waals surface area contributed by atoms with Gasteiger partial charge in [0.05, 0.1) is 10.7 Å². The molecule has 0 aliphatic carbocycles. The molecule has 0 N–H and O–H groups in total. The highest BCUT2D eigenvalue weighted by atomic mass is 32.1. The summed E-state index contributed by atoms with van der Waals surface area (Å²) < 4.78 is 5.37. The maximum absolute atomic E-state index is 12.1. The number of thiazole rings is 1. The van der Waals surface area contributed by atoms with Gasteiger partial charge in [-0.15, -0.1) is 11.3 Å². The van der Waals surface area contributed by atoms with Crippen molar-refractivity contribution in [3.63, 3.8) is 0 Å². The second-order valence-corrected chi connectivity index (χ2v) is 6.12. The highest BCUT2D eigenvalue weighted by molar-refractivity contribution is 7.09. The fourth-order valence-corrected chi connectivity index (χ4v) is 3.02. The molecule has 112 valence electrons. The molecular weight excluding hydrogens is 274 g/mol. The van der Waals surface area contributed by atoms with Gasteiger partial charge in [-0.2, -0.15) is 0 Å². The van der Waals surface area contributed by atoms with Crippen LogP contribution < -0.4 is 0 Å². The van der Waals surface area contributed by atoms with E-state index in [2.05, 4.69) is 15.3 Å². The molecule has 0 radical (unpaired) electrons. The Morgan fingerprint density at radius 2 is 2.15 bits per heavy atom. The van der Waals surface area contributed by atoms with E-state index in [1.165, 1.54) is 0 Å². The molecular formula is C14H23N3O2S. The first-order valence-corrected chi connectivity index (χ1v) is 8.02. The standard InChI is InChI=1S/C14H23N3O2S/c1-4-19-11(2)14(18)17-7-5-16(6-8-17)9-13-10-20-12(3)15-13/h10-11H,4-9H2,1-3H3/t11-/m1/s1. The van der Waals surface area contributed by atoms with Crippen LogP contribution >= 0.6 is 11.3 Å². The molecule has 20 heavy (non-hydrogen) atoms. The minimum Gasteiger partial charge on any atom is -0.369 e. The fraction of sp³-hybridized carbons (Fsp3) is 0.714. The number of rotatable bonds is 5. The molecule has 1 saturated heterocycles. The van der Waals surface area contributed by atoms with Crippen LogP contribution in [-0.4, -0.2) is 59.6 Å². The summed E-state index contributed by atoms with van der Waals surface area (Å²) in [7, 11) is 0. The van der Waals surface area contributed by atoms with Gasteiger partial charge in [0.25, 0.3) is 5.91 Å². The fourth-order valence-electron chi connectivity index (χ4n) is 2.41. The number of carbonyl (C=O) groups excluding carboxylic acids is 1. The third-order valence-corrected chi connectivity index (χ3v) is 4.32. The van der Waals surface area contributed by atoms with Crippen LogP contribution in [0.1, 0.15) is 24.5 Å². The van der Waals surface area contributed by atoms with Crippen LogP contribution in [0.2, 0.25) is 0 Å². The Bertz CT molecular complexity index is 441. The lowest BCUT2D eigenvalue weighted by Crippen LogP contribution is -2.51. The highest BCUT2D eigenvalue weighted by Gasteiger charge is 2.25. The normalized spacial score (nSPS) is 18.2. The second-order valence-electron chi connectivity index (χ2n) is 5.06. The number of ether oxygens (including phenoxy) is 1. The van der Waals surface area contributed by atoms with Crippen molar-refractivity contribution in [2.24, 2.45) is 0 Å². The number of aromatic nitrogens is 1. The number of carbonyl (C=O) groups is 1. The molecule has 0 bridgehead atoms. The maximum Gasteiger partial charge on any atom is 0.251 e. The molecule has 1 atom stereocenters. The van der Waals surface area contributed by atoms with Crippen LogP contribution in [0.5, 0.6) is 0 Å². The van der Waals surface area contributed by atoms with E-state index in [0.29, 0.717) is 6.61 Å². The predicted octanol–water partition coefficient (Wildman–Crippen LogP) is 1.52. The lowest BCUT2D eigenvalue weighted by molar-refractivity contribution is -0.144. The van der Waals surface area contributed by atoms with E-state index >= 15 is 0 Å². The van der Waals surface area contributed by atoms with Gasteiger partial charge in [-0.1, -0.05) is 0 Å². The van der Waals surface area contributed by atoms with E-state index in [9.17, 15) is 4.79 Å². The summed E-state index contributed by atoms with van der Waals surface area (Å²) in [4.78, 5) is 20.9. The average Bonchev–Trinajstić information content (AvgIpc) is 2.84. The molecule has 1 fully saturated rings. The monoisotopic (exact) mass is 297 g/mol. The Morgan fingerprint density at radius 3 is 2.70 bits per heavy atom. The van der Waals surface area contributed by atoms with Gasteiger partial charge >= 0.3 is 0 Å². The zero-order valence-corrected chi connectivity index (χ0v) is 13.3. The predicted molar refractivity (Wildman–Crippen MR) is 79.8 cm³/mol. The highest BCUT2D eigenvalue weighted by Crippen LogP contribution is 2.13. The Hall–Kier alpha value is -0.980. The van der Waals surface area contributed by atoms with E-state index in [4.69, 9.17) is 4.74 Å². The van der Waals surface area contributed by atoms with Crippen LogP contribution in [0.25, 0.3) is 0 Å². The average molecular weight is 297 g/mol. The Morgan fingerprint density at radius 1 is 1.45 bits per heavy atom. The van der Waals surface area contributed by atoms with Gasteiger partial charge < -0.3 is 9.64 Å². The molecule has 0 spiro atoms. The van der Waals surface area contributed by atoms with E-state index in [1.807, 2.05) is 25.7 Å². The van der Waals surface area contributed by atoms with Crippen molar-refractivity contribution in [1.82, 2.24) is 14.8 Å². The van der Waals surface area contributed by atoms with Crippen molar-refractivity contribution in [2.75, 3.05) is 32.8 Å². The summed E-state index contributed by atoms with van der Waals surface area (Å²) in [5.74, 6) is 0.107. The van der Waals surface area contributed by atoms with Gasteiger partial charge in [0.15, 0.2) is 0 Å². The zero-order valence-electron chi connectivity index (χ0n) is 12.5. The number of amides is 1. The van der Waals surface area contributed by atoms with Crippen molar-refractivity contribution in [1.29, 1.82) is 0 Å². The van der Waals surface area contributed by atoms with Crippen LogP contribution in [0.4, 0.5) is 0 Å². The molecule has 0 saturated carbocycles. The largest absolute Gasteiger partial charge is 0.369 e. The molecule has 1 aliphatic rings. The van der Waals surface area contributed by atoms with Gasteiger partial charge in [-0.25, -0.2) is 4.98 Å². The molecule has 1 aromatic rings. The smallest absolute Gasteiger partial charge is 0.251 e. The third kappa shape index (κ3) is 4.01. The summed E-state index contributed by atoms with van der Waals surface area (Å²) in [6.45, 7) is 10.6. The number of hydrogen-bond acceptors (Lipinski definition) is 5.